The van der Waals surface area contributed by atoms with Gasteiger partial charge in [0.05, 0.1) is 5.92 Å². The summed E-state index contributed by atoms with van der Waals surface area (Å²) in [4.78, 5) is 23.2. The van der Waals surface area contributed by atoms with E-state index in [1.54, 1.807) is 0 Å². The third-order valence-electron chi connectivity index (χ3n) is 4.85. The fraction of sp³-hybridized carbons (Fsp3) is 0.529. The highest BCUT2D eigenvalue weighted by atomic mass is 35.5. The van der Waals surface area contributed by atoms with Crippen molar-refractivity contribution in [1.82, 2.24) is 5.32 Å². The first-order valence-electron chi connectivity index (χ1n) is 7.84. The molecule has 2 saturated carbocycles. The molecule has 1 aromatic rings. The second-order valence-electron chi connectivity index (χ2n) is 6.37. The van der Waals surface area contributed by atoms with Gasteiger partial charge in [0, 0.05) is 17.0 Å². The summed E-state index contributed by atoms with van der Waals surface area (Å²) in [5.74, 6) is -0.638. The molecular formula is C17H20ClNO3. The number of halogens is 1. The van der Waals surface area contributed by atoms with Crippen LogP contribution in [0.1, 0.15) is 43.6 Å². The van der Waals surface area contributed by atoms with Gasteiger partial charge in [-0.05, 0) is 49.7 Å². The maximum absolute atomic E-state index is 12.3. The molecule has 2 N–H and O–H groups in total. The van der Waals surface area contributed by atoms with E-state index in [-0.39, 0.29) is 29.7 Å². The van der Waals surface area contributed by atoms with Gasteiger partial charge in [0.1, 0.15) is 0 Å². The molecule has 0 spiro atoms. The molecule has 1 amide bonds. The Morgan fingerprint density at radius 2 is 1.82 bits per heavy atom. The van der Waals surface area contributed by atoms with Crippen LogP contribution in [0.25, 0.3) is 0 Å². The Balaban J connectivity index is 1.50. The number of rotatable bonds is 4. The van der Waals surface area contributed by atoms with Gasteiger partial charge in [-0.1, -0.05) is 29.8 Å². The molecule has 0 saturated heterocycles. The molecule has 0 unspecified atom stereocenters. The molecule has 2 atom stereocenters. The molecule has 2 aliphatic carbocycles. The van der Waals surface area contributed by atoms with Crippen LogP contribution in [-0.4, -0.2) is 23.0 Å². The van der Waals surface area contributed by atoms with Gasteiger partial charge in [0.15, 0.2) is 0 Å². The molecule has 118 valence electrons. The minimum atomic E-state index is -0.717. The van der Waals surface area contributed by atoms with E-state index in [0.29, 0.717) is 12.8 Å². The lowest BCUT2D eigenvalue weighted by molar-refractivity contribution is -0.142. The van der Waals surface area contributed by atoms with Crippen molar-refractivity contribution in [2.45, 2.75) is 44.1 Å². The quantitative estimate of drug-likeness (QED) is 0.895. The molecule has 2 aliphatic rings. The van der Waals surface area contributed by atoms with E-state index in [2.05, 4.69) is 5.32 Å². The van der Waals surface area contributed by atoms with E-state index in [1.807, 2.05) is 24.3 Å². The maximum atomic E-state index is 12.3. The summed E-state index contributed by atoms with van der Waals surface area (Å²) < 4.78 is 0. The van der Waals surface area contributed by atoms with Crippen LogP contribution in [0.4, 0.5) is 0 Å². The number of amides is 1. The fourth-order valence-electron chi connectivity index (χ4n) is 3.40. The number of carboxylic acid groups (broad SMARTS) is 1. The second kappa shape index (κ2) is 6.29. The van der Waals surface area contributed by atoms with Crippen LogP contribution in [-0.2, 0) is 9.59 Å². The van der Waals surface area contributed by atoms with Gasteiger partial charge in [0.25, 0.3) is 0 Å². The molecule has 1 aromatic carbocycles. The average molecular weight is 322 g/mol. The van der Waals surface area contributed by atoms with Gasteiger partial charge < -0.3 is 10.4 Å². The highest BCUT2D eigenvalue weighted by Gasteiger charge is 2.45. The van der Waals surface area contributed by atoms with Crippen molar-refractivity contribution >= 4 is 23.5 Å². The van der Waals surface area contributed by atoms with Crippen LogP contribution in [0.3, 0.4) is 0 Å². The van der Waals surface area contributed by atoms with Crippen molar-refractivity contribution in [2.24, 2.45) is 11.8 Å². The Hall–Kier alpha value is -1.55. The third-order valence-corrected chi connectivity index (χ3v) is 5.20. The minimum absolute atomic E-state index is 0.0112. The SMILES string of the molecule is O=C(O)C1CCC(NC(=O)[C@@H]2C[C@@H]2c2ccccc2Cl)CC1. The fourth-order valence-corrected chi connectivity index (χ4v) is 3.67. The first kappa shape index (κ1) is 15.3. The standard InChI is InChI=1S/C17H20ClNO3/c18-15-4-2-1-3-12(15)13-9-14(13)16(20)19-11-7-5-10(6-8-11)17(21)22/h1-4,10-11,13-14H,5-9H2,(H,19,20)(H,21,22)/t10?,11?,13-,14-/m1/s1. The molecule has 2 fully saturated rings. The Labute approximate surface area is 134 Å². The number of hydrogen-bond donors (Lipinski definition) is 2. The third kappa shape index (κ3) is 3.27. The van der Waals surface area contributed by atoms with Crippen molar-refractivity contribution in [1.29, 1.82) is 0 Å². The van der Waals surface area contributed by atoms with Crippen LogP contribution in [0.5, 0.6) is 0 Å². The van der Waals surface area contributed by atoms with Gasteiger partial charge in [-0.2, -0.15) is 0 Å². The minimum Gasteiger partial charge on any atom is -0.481 e. The number of nitrogens with one attached hydrogen (secondary N) is 1. The Morgan fingerprint density at radius 1 is 1.14 bits per heavy atom. The second-order valence-corrected chi connectivity index (χ2v) is 6.77. The predicted molar refractivity (Wildman–Crippen MR) is 83.8 cm³/mol. The summed E-state index contributed by atoms with van der Waals surface area (Å²) in [6.07, 6.45) is 3.66. The van der Waals surface area contributed by atoms with Gasteiger partial charge in [0.2, 0.25) is 5.91 Å². The van der Waals surface area contributed by atoms with E-state index in [9.17, 15) is 9.59 Å². The molecule has 0 radical (unpaired) electrons. The van der Waals surface area contributed by atoms with Crippen LogP contribution in [0.15, 0.2) is 24.3 Å². The van der Waals surface area contributed by atoms with Crippen molar-refractivity contribution in [3.63, 3.8) is 0 Å². The maximum Gasteiger partial charge on any atom is 0.306 e. The first-order valence-corrected chi connectivity index (χ1v) is 8.21. The molecule has 0 aliphatic heterocycles. The van der Waals surface area contributed by atoms with Crippen LogP contribution >= 0.6 is 11.6 Å². The molecule has 0 aromatic heterocycles. The summed E-state index contributed by atoms with van der Waals surface area (Å²) in [6, 6.07) is 7.80. The highest BCUT2D eigenvalue weighted by molar-refractivity contribution is 6.31. The topological polar surface area (TPSA) is 66.4 Å². The number of carbonyl (C=O) groups is 2. The zero-order valence-electron chi connectivity index (χ0n) is 12.3. The van der Waals surface area contributed by atoms with Crippen LogP contribution < -0.4 is 5.32 Å². The summed E-state index contributed by atoms with van der Waals surface area (Å²) >= 11 is 6.18. The summed E-state index contributed by atoms with van der Waals surface area (Å²) in [5, 5.41) is 12.8. The zero-order valence-corrected chi connectivity index (χ0v) is 13.1. The van der Waals surface area contributed by atoms with Crippen molar-refractivity contribution < 1.29 is 14.7 Å². The van der Waals surface area contributed by atoms with E-state index >= 15 is 0 Å². The lowest BCUT2D eigenvalue weighted by Crippen LogP contribution is -2.39. The van der Waals surface area contributed by atoms with E-state index in [0.717, 1.165) is 29.8 Å². The molecule has 0 bridgehead atoms. The lowest BCUT2D eigenvalue weighted by Gasteiger charge is -2.26. The summed E-state index contributed by atoms with van der Waals surface area (Å²) in [6.45, 7) is 0. The van der Waals surface area contributed by atoms with Crippen molar-refractivity contribution in [2.75, 3.05) is 0 Å². The molecule has 22 heavy (non-hydrogen) atoms. The Bertz CT molecular complexity index is 581. The summed E-state index contributed by atoms with van der Waals surface area (Å²) in [7, 11) is 0. The Morgan fingerprint density at radius 3 is 2.45 bits per heavy atom. The van der Waals surface area contributed by atoms with Crippen molar-refractivity contribution in [3.05, 3.63) is 34.9 Å². The van der Waals surface area contributed by atoms with Crippen LogP contribution in [0.2, 0.25) is 5.02 Å². The van der Waals surface area contributed by atoms with Gasteiger partial charge in [-0.25, -0.2) is 0 Å². The molecular weight excluding hydrogens is 302 g/mol. The van der Waals surface area contributed by atoms with Crippen LogP contribution in [0, 0.1) is 11.8 Å². The molecule has 4 nitrogen and oxygen atoms in total. The monoisotopic (exact) mass is 321 g/mol. The number of carboxylic acids is 1. The molecule has 0 heterocycles. The smallest absolute Gasteiger partial charge is 0.306 e. The lowest BCUT2D eigenvalue weighted by atomic mass is 9.86. The largest absolute Gasteiger partial charge is 0.481 e. The number of hydrogen-bond acceptors (Lipinski definition) is 2. The predicted octanol–water partition coefficient (Wildman–Crippen LogP) is 3.20. The average Bonchev–Trinajstić information content (AvgIpc) is 3.28. The van der Waals surface area contributed by atoms with Gasteiger partial charge >= 0.3 is 5.97 Å². The van der Waals surface area contributed by atoms with E-state index in [4.69, 9.17) is 16.7 Å². The number of benzene rings is 1. The van der Waals surface area contributed by atoms with E-state index < -0.39 is 5.97 Å². The normalized spacial score (nSPS) is 30.6. The zero-order chi connectivity index (χ0) is 15.7. The van der Waals surface area contributed by atoms with E-state index in [1.165, 1.54) is 0 Å². The number of carbonyl (C=O) groups excluding carboxylic acids is 1. The number of aliphatic carboxylic acids is 1. The Kier molecular flexibility index (Phi) is 4.39. The van der Waals surface area contributed by atoms with Gasteiger partial charge in [-0.3, -0.25) is 9.59 Å². The molecule has 3 rings (SSSR count). The van der Waals surface area contributed by atoms with Gasteiger partial charge in [-0.15, -0.1) is 0 Å². The highest BCUT2D eigenvalue weighted by Crippen LogP contribution is 2.49. The first-order chi connectivity index (χ1) is 10.6. The molecule has 5 heteroatoms. The van der Waals surface area contributed by atoms with Crippen molar-refractivity contribution in [3.8, 4) is 0 Å². The summed E-state index contributed by atoms with van der Waals surface area (Å²) in [5.41, 5.74) is 1.05.